The van der Waals surface area contributed by atoms with Crippen LogP contribution in [0.5, 0.6) is 23.0 Å². The molecule has 7 nitrogen and oxygen atoms in total. The van der Waals surface area contributed by atoms with E-state index in [2.05, 4.69) is 34.1 Å². The molecule has 0 saturated heterocycles. The first-order valence-electron chi connectivity index (χ1n) is 13.3. The highest BCUT2D eigenvalue weighted by Crippen LogP contribution is 2.43. The maximum absolute atomic E-state index is 14.1. The van der Waals surface area contributed by atoms with Gasteiger partial charge in [0.1, 0.15) is 0 Å². The summed E-state index contributed by atoms with van der Waals surface area (Å²) in [6, 6.07) is 17.7. The number of rotatable bonds is 7. The minimum Gasteiger partial charge on any atom is -0.493 e. The summed E-state index contributed by atoms with van der Waals surface area (Å²) in [6.07, 6.45) is 3.58. The predicted molar refractivity (Wildman–Crippen MR) is 164 cm³/mol. The van der Waals surface area contributed by atoms with Crippen molar-refractivity contribution in [2.45, 2.75) is 25.8 Å². The summed E-state index contributed by atoms with van der Waals surface area (Å²) < 4.78 is 25.6. The molecule has 0 unspecified atom stereocenters. The Morgan fingerprint density at radius 1 is 1.00 bits per heavy atom. The van der Waals surface area contributed by atoms with Gasteiger partial charge in [-0.25, -0.2) is 4.99 Å². The van der Waals surface area contributed by atoms with Gasteiger partial charge in [0.05, 0.1) is 48.7 Å². The molecule has 0 bridgehead atoms. The zero-order valence-corrected chi connectivity index (χ0v) is 25.6. The molecule has 2 aliphatic rings. The van der Waals surface area contributed by atoms with Gasteiger partial charge >= 0.3 is 0 Å². The quantitative estimate of drug-likeness (QED) is 0.269. The van der Waals surface area contributed by atoms with Crippen LogP contribution in [-0.4, -0.2) is 32.5 Å². The van der Waals surface area contributed by atoms with Gasteiger partial charge in [-0.2, -0.15) is 0 Å². The number of thiazole rings is 1. The Morgan fingerprint density at radius 3 is 2.54 bits per heavy atom. The average molecular weight is 634 g/mol. The van der Waals surface area contributed by atoms with E-state index in [1.165, 1.54) is 16.9 Å². The van der Waals surface area contributed by atoms with E-state index in [1.54, 1.807) is 21.3 Å². The Balaban J connectivity index is 1.58. The SMILES string of the molecule is CCOc1c(Br)cc(/C=c2\sc3n(c2=O)[C@@H](c2ccc(OC)c(OC)c2)C2=C(N=3)c3ccccc3CC2)cc1OC. The van der Waals surface area contributed by atoms with Gasteiger partial charge in [0.25, 0.3) is 5.56 Å². The van der Waals surface area contributed by atoms with E-state index in [0.717, 1.165) is 45.3 Å². The number of ether oxygens (including phenoxy) is 4. The standard InChI is InChI=1S/C32H29BrN2O5S/c1-5-40-30-23(33)14-18(15-26(30)39-4)16-27-31(36)35-29(20-11-13-24(37-2)25(17-20)38-3)22-12-10-19-8-6-7-9-21(19)28(22)34-32(35)41-27/h6-9,11,13-17,29H,5,10,12H2,1-4H3/b27-16-/t29-/m0/s1. The normalized spacial score (nSPS) is 15.9. The number of halogens is 1. The molecule has 3 aromatic carbocycles. The van der Waals surface area contributed by atoms with Crippen molar-refractivity contribution in [3.05, 3.63) is 107 Å². The third-order valence-corrected chi connectivity index (χ3v) is 9.01. The van der Waals surface area contributed by atoms with E-state index in [0.29, 0.717) is 38.9 Å². The van der Waals surface area contributed by atoms with Crippen molar-refractivity contribution in [1.82, 2.24) is 4.57 Å². The summed E-state index contributed by atoms with van der Waals surface area (Å²) in [4.78, 5) is 19.9. The first kappa shape index (κ1) is 27.4. The second-order valence-corrected chi connectivity index (χ2v) is 11.6. The van der Waals surface area contributed by atoms with Crippen LogP contribution in [0.1, 0.15) is 41.6 Å². The van der Waals surface area contributed by atoms with Crippen molar-refractivity contribution in [3.8, 4) is 23.0 Å². The van der Waals surface area contributed by atoms with Crippen molar-refractivity contribution in [3.63, 3.8) is 0 Å². The molecule has 41 heavy (non-hydrogen) atoms. The molecule has 1 atom stereocenters. The number of benzene rings is 3. The first-order chi connectivity index (χ1) is 20.0. The number of fused-ring (bicyclic) bond motifs is 3. The predicted octanol–water partition coefficient (Wildman–Crippen LogP) is 5.51. The van der Waals surface area contributed by atoms with Gasteiger partial charge in [0.2, 0.25) is 0 Å². The van der Waals surface area contributed by atoms with E-state index in [9.17, 15) is 4.79 Å². The van der Waals surface area contributed by atoms with Crippen LogP contribution in [0.15, 0.2) is 74.4 Å². The monoisotopic (exact) mass is 632 g/mol. The smallest absolute Gasteiger partial charge is 0.271 e. The molecule has 9 heteroatoms. The molecular weight excluding hydrogens is 604 g/mol. The molecule has 210 valence electrons. The number of aryl methyl sites for hydroxylation is 1. The molecule has 0 spiro atoms. The van der Waals surface area contributed by atoms with E-state index < -0.39 is 0 Å². The third-order valence-electron chi connectivity index (χ3n) is 7.43. The Morgan fingerprint density at radius 2 is 1.78 bits per heavy atom. The lowest BCUT2D eigenvalue weighted by molar-refractivity contribution is 0.309. The van der Waals surface area contributed by atoms with E-state index >= 15 is 0 Å². The van der Waals surface area contributed by atoms with Crippen LogP contribution in [0, 0.1) is 0 Å². The topological polar surface area (TPSA) is 71.3 Å². The number of hydrogen-bond donors (Lipinski definition) is 0. The minimum absolute atomic E-state index is 0.0945. The lowest BCUT2D eigenvalue weighted by Gasteiger charge is -2.31. The summed E-state index contributed by atoms with van der Waals surface area (Å²) in [5.41, 5.74) is 6.14. The lowest BCUT2D eigenvalue weighted by atomic mass is 9.83. The van der Waals surface area contributed by atoms with Crippen molar-refractivity contribution >= 4 is 39.0 Å². The van der Waals surface area contributed by atoms with Crippen LogP contribution in [0.2, 0.25) is 0 Å². The fourth-order valence-corrected chi connectivity index (χ4v) is 7.18. The zero-order chi connectivity index (χ0) is 28.7. The molecule has 6 rings (SSSR count). The van der Waals surface area contributed by atoms with Gasteiger partial charge in [-0.1, -0.05) is 41.7 Å². The van der Waals surface area contributed by atoms with Crippen molar-refractivity contribution in [2.75, 3.05) is 27.9 Å². The number of aromatic nitrogens is 1. The number of methoxy groups -OCH3 is 3. The molecule has 0 saturated carbocycles. The first-order valence-corrected chi connectivity index (χ1v) is 14.9. The van der Waals surface area contributed by atoms with Crippen molar-refractivity contribution < 1.29 is 18.9 Å². The summed E-state index contributed by atoms with van der Waals surface area (Å²) in [5, 5.41) is 0. The largest absolute Gasteiger partial charge is 0.493 e. The molecular formula is C32H29BrN2O5S. The summed E-state index contributed by atoms with van der Waals surface area (Å²) >= 11 is 4.99. The highest BCUT2D eigenvalue weighted by atomic mass is 79.9. The fraction of sp³-hybridized carbons (Fsp3) is 0.250. The second-order valence-electron chi connectivity index (χ2n) is 9.70. The third kappa shape index (κ3) is 4.77. The molecule has 0 N–H and O–H groups in total. The summed E-state index contributed by atoms with van der Waals surface area (Å²) in [7, 11) is 4.85. The molecule has 0 amide bonds. The Bertz CT molecular complexity index is 1870. The van der Waals surface area contributed by atoms with Crippen LogP contribution in [-0.2, 0) is 6.42 Å². The second kappa shape index (κ2) is 11.2. The van der Waals surface area contributed by atoms with Crippen LogP contribution in [0.4, 0.5) is 0 Å². The van der Waals surface area contributed by atoms with E-state index in [1.807, 2.05) is 54.0 Å². The molecule has 0 radical (unpaired) electrons. The Hall–Kier alpha value is -3.82. The molecule has 4 aromatic rings. The molecule has 2 heterocycles. The van der Waals surface area contributed by atoms with Gasteiger partial charge in [0, 0.05) is 5.56 Å². The van der Waals surface area contributed by atoms with Gasteiger partial charge < -0.3 is 18.9 Å². The van der Waals surface area contributed by atoms with Crippen LogP contribution in [0.3, 0.4) is 0 Å². The van der Waals surface area contributed by atoms with Crippen molar-refractivity contribution in [2.24, 2.45) is 4.99 Å². The van der Waals surface area contributed by atoms with Gasteiger partial charge in [-0.15, -0.1) is 0 Å². The minimum atomic E-state index is -0.321. The van der Waals surface area contributed by atoms with Gasteiger partial charge in [-0.05, 0) is 88.3 Å². The molecule has 1 aliphatic heterocycles. The van der Waals surface area contributed by atoms with Crippen molar-refractivity contribution in [1.29, 1.82) is 0 Å². The Labute approximate surface area is 250 Å². The highest BCUT2D eigenvalue weighted by Gasteiger charge is 2.33. The summed E-state index contributed by atoms with van der Waals surface area (Å²) in [5.74, 6) is 2.49. The maximum Gasteiger partial charge on any atom is 0.271 e. The van der Waals surface area contributed by atoms with E-state index in [-0.39, 0.29) is 11.6 Å². The van der Waals surface area contributed by atoms with Crippen LogP contribution >= 0.6 is 27.3 Å². The Kier molecular flexibility index (Phi) is 7.48. The highest BCUT2D eigenvalue weighted by molar-refractivity contribution is 9.10. The fourth-order valence-electron chi connectivity index (χ4n) is 5.60. The zero-order valence-electron chi connectivity index (χ0n) is 23.2. The lowest BCUT2D eigenvalue weighted by Crippen LogP contribution is -2.38. The van der Waals surface area contributed by atoms with Gasteiger partial charge in [-0.3, -0.25) is 9.36 Å². The molecule has 1 aliphatic carbocycles. The molecule has 0 fully saturated rings. The number of nitrogens with zero attached hydrogens (tertiary/aromatic N) is 2. The molecule has 1 aromatic heterocycles. The van der Waals surface area contributed by atoms with Crippen LogP contribution in [0.25, 0.3) is 11.8 Å². The van der Waals surface area contributed by atoms with Gasteiger partial charge in [0.15, 0.2) is 27.8 Å². The van der Waals surface area contributed by atoms with E-state index in [4.69, 9.17) is 23.9 Å². The summed E-state index contributed by atoms with van der Waals surface area (Å²) in [6.45, 7) is 2.43. The number of hydrogen-bond acceptors (Lipinski definition) is 7. The maximum atomic E-state index is 14.1. The average Bonchev–Trinajstić information content (AvgIpc) is 3.30. The van der Waals surface area contributed by atoms with Crippen LogP contribution < -0.4 is 33.8 Å². The number of allylic oxidation sites excluding steroid dienone is 1.